The fourth-order valence-electron chi connectivity index (χ4n) is 5.24. The first kappa shape index (κ1) is 30.7. The fraction of sp³-hybridized carbons (Fsp3) is 0.0571. The lowest BCUT2D eigenvalue weighted by molar-refractivity contribution is -0.114. The quantitative estimate of drug-likeness (QED) is 0.201. The molecule has 0 atom stereocenters. The van der Waals surface area contributed by atoms with Crippen molar-refractivity contribution in [3.63, 3.8) is 0 Å². The second-order valence-corrected chi connectivity index (χ2v) is 10.8. The Bertz CT molecular complexity index is 2420. The van der Waals surface area contributed by atoms with Gasteiger partial charge in [0.2, 0.25) is 17.5 Å². The largest absolute Gasteiger partial charge is 0.437 e. The Balaban J connectivity index is 1.19. The maximum absolute atomic E-state index is 13.4. The summed E-state index contributed by atoms with van der Waals surface area (Å²) in [6.07, 6.45) is 7.66. The number of halogens is 1. The lowest BCUT2D eigenvalue weighted by Crippen LogP contribution is -2.28. The van der Waals surface area contributed by atoms with Gasteiger partial charge in [-0.25, -0.2) is 19.3 Å². The Labute approximate surface area is 276 Å². The van der Waals surface area contributed by atoms with Crippen LogP contribution in [0.4, 0.5) is 15.9 Å². The van der Waals surface area contributed by atoms with E-state index in [4.69, 9.17) is 9.15 Å². The van der Waals surface area contributed by atoms with Crippen molar-refractivity contribution in [1.29, 1.82) is 0 Å². The van der Waals surface area contributed by atoms with E-state index in [0.717, 1.165) is 0 Å². The third-order valence-electron chi connectivity index (χ3n) is 7.38. The van der Waals surface area contributed by atoms with Crippen molar-refractivity contribution in [2.45, 2.75) is 6.92 Å². The summed E-state index contributed by atoms with van der Waals surface area (Å²) >= 11 is 0. The number of hydrogen-bond donors (Lipinski definition) is 2. The topological polar surface area (TPSA) is 159 Å². The number of rotatable bonds is 8. The number of amides is 2. The van der Waals surface area contributed by atoms with E-state index in [9.17, 15) is 18.8 Å². The molecule has 5 heterocycles. The van der Waals surface area contributed by atoms with Gasteiger partial charge in [0.25, 0.3) is 11.5 Å². The average Bonchev–Trinajstić information content (AvgIpc) is 3.70. The first-order valence-electron chi connectivity index (χ1n) is 14.8. The van der Waals surface area contributed by atoms with Crippen molar-refractivity contribution < 1.29 is 23.1 Å². The molecule has 2 N–H and O–H groups in total. The highest BCUT2D eigenvalue weighted by atomic mass is 19.1. The van der Waals surface area contributed by atoms with Gasteiger partial charge in [0, 0.05) is 43.3 Å². The number of fused-ring (bicyclic) bond motifs is 1. The van der Waals surface area contributed by atoms with Crippen LogP contribution in [0.25, 0.3) is 39.2 Å². The number of aryl methyl sites for hydroxylation is 1. The molecular weight excluding hydrogens is 631 g/mol. The average molecular weight is 657 g/mol. The minimum Gasteiger partial charge on any atom is -0.437 e. The summed E-state index contributed by atoms with van der Waals surface area (Å²) in [5.74, 6) is -0.226. The number of nitrogens with zero attached hydrogens (tertiary/aromatic N) is 6. The lowest BCUT2D eigenvalue weighted by Gasteiger charge is -2.10. The van der Waals surface area contributed by atoms with Crippen LogP contribution in [-0.2, 0) is 11.8 Å². The molecule has 0 aliphatic rings. The SMILES string of the molecule is CC(=O)Nc1cccc(-c2c(-c3cnn(C)c3)oc3ncnc(Oc4ccc(NC(=O)c5cccn(-c6ccc(F)cc6)c5=O)nc4)c23)c1. The molecular formula is C35H25FN8O5. The zero-order valence-electron chi connectivity index (χ0n) is 25.9. The third-order valence-corrected chi connectivity index (χ3v) is 7.38. The Kier molecular flexibility index (Phi) is 7.94. The van der Waals surface area contributed by atoms with Crippen LogP contribution in [0.3, 0.4) is 0 Å². The number of furan rings is 1. The van der Waals surface area contributed by atoms with E-state index in [1.807, 2.05) is 12.1 Å². The number of benzene rings is 2. The molecule has 0 saturated heterocycles. The number of hydrogen-bond acceptors (Lipinski definition) is 9. The zero-order valence-corrected chi connectivity index (χ0v) is 25.9. The van der Waals surface area contributed by atoms with Crippen LogP contribution >= 0.6 is 0 Å². The van der Waals surface area contributed by atoms with Gasteiger partial charge >= 0.3 is 0 Å². The lowest BCUT2D eigenvalue weighted by atomic mass is 10.0. The van der Waals surface area contributed by atoms with Gasteiger partial charge in [0.05, 0.1) is 18.0 Å². The molecule has 2 aromatic carbocycles. The van der Waals surface area contributed by atoms with E-state index < -0.39 is 17.3 Å². The Morgan fingerprint density at radius 2 is 1.76 bits per heavy atom. The van der Waals surface area contributed by atoms with Crippen LogP contribution in [0.15, 0.2) is 113 Å². The fourth-order valence-corrected chi connectivity index (χ4v) is 5.24. The Morgan fingerprint density at radius 1 is 0.918 bits per heavy atom. The van der Waals surface area contributed by atoms with Crippen molar-refractivity contribution in [2.75, 3.05) is 10.6 Å². The molecule has 5 aromatic heterocycles. The van der Waals surface area contributed by atoms with E-state index in [-0.39, 0.29) is 28.9 Å². The van der Waals surface area contributed by atoms with Gasteiger partial charge in [-0.3, -0.25) is 23.6 Å². The normalized spacial score (nSPS) is 11.0. The summed E-state index contributed by atoms with van der Waals surface area (Å²) in [5.41, 5.74) is 2.57. The van der Waals surface area contributed by atoms with Crippen molar-refractivity contribution in [2.24, 2.45) is 7.05 Å². The number of carbonyl (C=O) groups excluding carboxylic acids is 2. The number of pyridine rings is 2. The highest BCUT2D eigenvalue weighted by Crippen LogP contribution is 2.44. The number of nitrogens with one attached hydrogen (secondary N) is 2. The summed E-state index contributed by atoms with van der Waals surface area (Å²) in [4.78, 5) is 50.9. The van der Waals surface area contributed by atoms with Gasteiger partial charge < -0.3 is 19.8 Å². The summed E-state index contributed by atoms with van der Waals surface area (Å²) < 4.78 is 28.7. The highest BCUT2D eigenvalue weighted by molar-refractivity contribution is 6.04. The first-order chi connectivity index (χ1) is 23.7. The standard InChI is InChI=1S/C35H25FN8O5/c1-20(45)41-24-6-3-5-21(15-24)29-30-33(38-19-39-34(30)49-31(29)22-16-40-43(2)18-22)48-26-12-13-28(37-17-26)42-32(46)27-7-4-14-44(35(27)47)25-10-8-23(36)9-11-25/h3-19H,1-2H3,(H,41,45)(H,37,42,46). The molecule has 0 saturated carbocycles. The number of ether oxygens (including phenoxy) is 1. The smallest absolute Gasteiger partial charge is 0.267 e. The third kappa shape index (κ3) is 6.25. The molecule has 0 spiro atoms. The molecule has 0 aliphatic heterocycles. The molecule has 7 aromatic rings. The predicted molar refractivity (Wildman–Crippen MR) is 178 cm³/mol. The van der Waals surface area contributed by atoms with Gasteiger partial charge in [-0.15, -0.1) is 0 Å². The predicted octanol–water partition coefficient (Wildman–Crippen LogP) is 5.98. The highest BCUT2D eigenvalue weighted by Gasteiger charge is 2.24. The first-order valence-corrected chi connectivity index (χ1v) is 14.8. The van der Waals surface area contributed by atoms with Crippen LogP contribution in [0.1, 0.15) is 17.3 Å². The molecule has 0 fully saturated rings. The summed E-state index contributed by atoms with van der Waals surface area (Å²) in [7, 11) is 1.79. The van der Waals surface area contributed by atoms with Gasteiger partial charge in [0.15, 0.2) is 0 Å². The molecule has 0 aliphatic carbocycles. The maximum Gasteiger partial charge on any atom is 0.267 e. The number of aromatic nitrogens is 6. The van der Waals surface area contributed by atoms with E-state index in [0.29, 0.717) is 45.0 Å². The van der Waals surface area contributed by atoms with Crippen LogP contribution in [0, 0.1) is 5.82 Å². The van der Waals surface area contributed by atoms with E-state index in [1.54, 1.807) is 48.4 Å². The molecule has 14 heteroatoms. The molecule has 49 heavy (non-hydrogen) atoms. The van der Waals surface area contributed by atoms with Crippen molar-refractivity contribution >= 4 is 34.4 Å². The van der Waals surface area contributed by atoms with Crippen molar-refractivity contribution in [1.82, 2.24) is 29.3 Å². The molecule has 13 nitrogen and oxygen atoms in total. The van der Waals surface area contributed by atoms with Gasteiger partial charge in [-0.1, -0.05) is 12.1 Å². The summed E-state index contributed by atoms with van der Waals surface area (Å²) in [5, 5.41) is 10.2. The number of carbonyl (C=O) groups is 2. The minimum absolute atomic E-state index is 0.128. The molecule has 7 rings (SSSR count). The second-order valence-electron chi connectivity index (χ2n) is 10.8. The molecule has 242 valence electrons. The van der Waals surface area contributed by atoms with Crippen molar-refractivity contribution in [3.8, 4) is 39.8 Å². The van der Waals surface area contributed by atoms with Crippen LogP contribution in [-0.4, -0.2) is 41.1 Å². The van der Waals surface area contributed by atoms with Gasteiger partial charge in [-0.2, -0.15) is 5.10 Å². The van der Waals surface area contributed by atoms with E-state index in [1.165, 1.54) is 66.6 Å². The summed E-state index contributed by atoms with van der Waals surface area (Å²) in [6, 6.07) is 18.6. The number of anilines is 2. The van der Waals surface area contributed by atoms with Gasteiger partial charge in [-0.05, 0) is 66.2 Å². The van der Waals surface area contributed by atoms with Gasteiger partial charge in [0.1, 0.15) is 40.4 Å². The van der Waals surface area contributed by atoms with Crippen LogP contribution < -0.4 is 20.9 Å². The van der Waals surface area contributed by atoms with Crippen LogP contribution in [0.2, 0.25) is 0 Å². The van der Waals surface area contributed by atoms with Crippen molar-refractivity contribution in [3.05, 3.63) is 126 Å². The molecule has 0 radical (unpaired) electrons. The van der Waals surface area contributed by atoms with Crippen LogP contribution in [0.5, 0.6) is 11.6 Å². The minimum atomic E-state index is -0.674. The van der Waals surface area contributed by atoms with E-state index >= 15 is 0 Å². The molecule has 2 amide bonds. The second kappa shape index (κ2) is 12.7. The summed E-state index contributed by atoms with van der Waals surface area (Å²) in [6.45, 7) is 1.43. The molecule has 0 bridgehead atoms. The Hall–Kier alpha value is -6.96. The maximum atomic E-state index is 13.4. The zero-order chi connectivity index (χ0) is 34.1. The molecule has 0 unspecified atom stereocenters. The Morgan fingerprint density at radius 3 is 2.49 bits per heavy atom. The monoisotopic (exact) mass is 656 g/mol. The van der Waals surface area contributed by atoms with E-state index in [2.05, 4.69) is 30.7 Å².